The Morgan fingerprint density at radius 2 is 1.33 bits per heavy atom. The predicted octanol–water partition coefficient (Wildman–Crippen LogP) is 4.96. The lowest BCUT2D eigenvalue weighted by Gasteiger charge is -2.31. The van der Waals surface area contributed by atoms with Gasteiger partial charge in [0.15, 0.2) is 0 Å². The number of aliphatic hydroxyl groups excluding tert-OH is 1. The van der Waals surface area contributed by atoms with Crippen LogP contribution in [-0.2, 0) is 5.41 Å². The highest BCUT2D eigenvalue weighted by atomic mass is 19.1. The number of hydrogen-bond acceptors (Lipinski definition) is 1. The van der Waals surface area contributed by atoms with E-state index in [0.717, 1.165) is 11.1 Å². The number of rotatable bonds is 4. The van der Waals surface area contributed by atoms with Crippen molar-refractivity contribution in [3.05, 3.63) is 71.0 Å². The third kappa shape index (κ3) is 3.33. The van der Waals surface area contributed by atoms with Gasteiger partial charge in [0.2, 0.25) is 0 Å². The van der Waals surface area contributed by atoms with Crippen molar-refractivity contribution < 1.29 is 9.50 Å². The van der Waals surface area contributed by atoms with Crippen molar-refractivity contribution >= 4 is 0 Å². The molecule has 0 bridgehead atoms. The molecule has 1 nitrogen and oxygen atoms in total. The summed E-state index contributed by atoms with van der Waals surface area (Å²) in [6.45, 7) is 8.24. The Bertz CT molecular complexity index is 582. The molecule has 2 aromatic carbocycles. The molecule has 0 aliphatic rings. The number of hydrogen-bond donors (Lipinski definition) is 1. The van der Waals surface area contributed by atoms with E-state index in [0.29, 0.717) is 5.92 Å². The van der Waals surface area contributed by atoms with Gasteiger partial charge in [0.1, 0.15) is 5.82 Å². The smallest absolute Gasteiger partial charge is 0.123 e. The standard InChI is InChI=1S/C19H23FO/c1-13(2)14-5-7-15(8-6-14)18(21)19(3,4)16-9-11-17(20)12-10-16/h5-13,18,21H,1-4H3. The first-order valence-corrected chi connectivity index (χ1v) is 7.36. The fraction of sp³-hybridized carbons (Fsp3) is 0.368. The first-order valence-electron chi connectivity index (χ1n) is 7.36. The summed E-state index contributed by atoms with van der Waals surface area (Å²) in [6.07, 6.45) is -0.635. The van der Waals surface area contributed by atoms with E-state index in [-0.39, 0.29) is 5.82 Å². The van der Waals surface area contributed by atoms with E-state index in [1.807, 2.05) is 26.0 Å². The van der Waals surface area contributed by atoms with Crippen molar-refractivity contribution in [2.45, 2.75) is 45.1 Å². The normalized spacial score (nSPS) is 13.5. The lowest BCUT2D eigenvalue weighted by Crippen LogP contribution is -2.26. The molecule has 1 N–H and O–H groups in total. The Kier molecular flexibility index (Phi) is 4.48. The quantitative estimate of drug-likeness (QED) is 0.842. The molecule has 0 aliphatic carbocycles. The molecule has 0 heterocycles. The van der Waals surface area contributed by atoms with E-state index in [1.54, 1.807) is 12.1 Å². The highest BCUT2D eigenvalue weighted by Gasteiger charge is 2.31. The van der Waals surface area contributed by atoms with E-state index in [4.69, 9.17) is 0 Å². The molecule has 0 saturated carbocycles. The second-order valence-electron chi connectivity index (χ2n) is 6.45. The summed E-state index contributed by atoms with van der Waals surface area (Å²) in [6, 6.07) is 14.4. The topological polar surface area (TPSA) is 20.2 Å². The van der Waals surface area contributed by atoms with Gasteiger partial charge in [0.25, 0.3) is 0 Å². The molecule has 112 valence electrons. The van der Waals surface area contributed by atoms with Gasteiger partial charge < -0.3 is 5.11 Å². The number of aliphatic hydroxyl groups is 1. The zero-order valence-corrected chi connectivity index (χ0v) is 13.1. The molecule has 2 rings (SSSR count). The maximum absolute atomic E-state index is 13.1. The van der Waals surface area contributed by atoms with Crippen LogP contribution in [0.5, 0.6) is 0 Å². The van der Waals surface area contributed by atoms with Crippen LogP contribution < -0.4 is 0 Å². The van der Waals surface area contributed by atoms with Crippen molar-refractivity contribution in [2.24, 2.45) is 0 Å². The fourth-order valence-corrected chi connectivity index (χ4v) is 2.52. The fourth-order valence-electron chi connectivity index (χ4n) is 2.52. The van der Waals surface area contributed by atoms with Crippen LogP contribution in [0.4, 0.5) is 4.39 Å². The van der Waals surface area contributed by atoms with E-state index < -0.39 is 11.5 Å². The zero-order valence-electron chi connectivity index (χ0n) is 13.1. The van der Waals surface area contributed by atoms with Gasteiger partial charge in [-0.2, -0.15) is 0 Å². The van der Waals surface area contributed by atoms with Gasteiger partial charge in [0, 0.05) is 5.41 Å². The molecule has 0 fully saturated rings. The van der Waals surface area contributed by atoms with Gasteiger partial charge in [-0.1, -0.05) is 64.1 Å². The van der Waals surface area contributed by atoms with Crippen LogP contribution in [0.25, 0.3) is 0 Å². The van der Waals surface area contributed by atoms with Crippen LogP contribution in [0.3, 0.4) is 0 Å². The molecule has 0 spiro atoms. The molecular formula is C19H23FO. The Labute approximate surface area is 126 Å². The second kappa shape index (κ2) is 5.98. The Morgan fingerprint density at radius 3 is 1.81 bits per heavy atom. The minimum atomic E-state index is -0.635. The van der Waals surface area contributed by atoms with Gasteiger partial charge in [-0.05, 0) is 34.7 Å². The summed E-state index contributed by atoms with van der Waals surface area (Å²) in [5.74, 6) is 0.214. The Balaban J connectivity index is 2.28. The highest BCUT2D eigenvalue weighted by molar-refractivity contribution is 5.32. The van der Waals surface area contributed by atoms with Crippen LogP contribution in [0.1, 0.15) is 56.4 Å². The molecule has 1 atom stereocenters. The zero-order chi connectivity index (χ0) is 15.6. The SMILES string of the molecule is CC(C)c1ccc(C(O)C(C)(C)c2ccc(F)cc2)cc1. The number of halogens is 1. The minimum absolute atomic E-state index is 0.259. The first kappa shape index (κ1) is 15.7. The molecule has 0 aromatic heterocycles. The molecule has 1 unspecified atom stereocenters. The lowest BCUT2D eigenvalue weighted by atomic mass is 9.76. The summed E-state index contributed by atoms with van der Waals surface area (Å²) in [5, 5.41) is 10.7. The Hall–Kier alpha value is -1.67. The highest BCUT2D eigenvalue weighted by Crippen LogP contribution is 2.37. The second-order valence-corrected chi connectivity index (χ2v) is 6.45. The van der Waals surface area contributed by atoms with Crippen LogP contribution >= 0.6 is 0 Å². The number of benzene rings is 2. The summed E-state index contributed by atoms with van der Waals surface area (Å²) in [5.41, 5.74) is 2.58. The van der Waals surface area contributed by atoms with Crippen LogP contribution in [-0.4, -0.2) is 5.11 Å². The van der Waals surface area contributed by atoms with Crippen molar-refractivity contribution in [1.29, 1.82) is 0 Å². The average molecular weight is 286 g/mol. The molecule has 0 amide bonds. The van der Waals surface area contributed by atoms with Gasteiger partial charge in [0.05, 0.1) is 6.10 Å². The molecule has 21 heavy (non-hydrogen) atoms. The van der Waals surface area contributed by atoms with Gasteiger partial charge >= 0.3 is 0 Å². The van der Waals surface area contributed by atoms with Crippen molar-refractivity contribution in [2.75, 3.05) is 0 Å². The lowest BCUT2D eigenvalue weighted by molar-refractivity contribution is 0.100. The van der Waals surface area contributed by atoms with E-state index >= 15 is 0 Å². The monoisotopic (exact) mass is 286 g/mol. The average Bonchev–Trinajstić information content (AvgIpc) is 2.47. The largest absolute Gasteiger partial charge is 0.388 e. The van der Waals surface area contributed by atoms with E-state index in [2.05, 4.69) is 26.0 Å². The van der Waals surface area contributed by atoms with Gasteiger partial charge in [-0.25, -0.2) is 4.39 Å². The molecule has 2 aromatic rings. The third-order valence-electron chi connectivity index (χ3n) is 4.19. The van der Waals surface area contributed by atoms with Crippen molar-refractivity contribution in [3.63, 3.8) is 0 Å². The third-order valence-corrected chi connectivity index (χ3v) is 4.19. The maximum Gasteiger partial charge on any atom is 0.123 e. The first-order chi connectivity index (χ1) is 9.82. The summed E-state index contributed by atoms with van der Waals surface area (Å²) < 4.78 is 13.1. The van der Waals surface area contributed by atoms with E-state index in [9.17, 15) is 9.50 Å². The molecule has 0 aliphatic heterocycles. The molecule has 0 saturated heterocycles. The molecular weight excluding hydrogens is 263 g/mol. The maximum atomic E-state index is 13.1. The van der Waals surface area contributed by atoms with Gasteiger partial charge in [-0.3, -0.25) is 0 Å². The van der Waals surface area contributed by atoms with Crippen molar-refractivity contribution in [1.82, 2.24) is 0 Å². The minimum Gasteiger partial charge on any atom is -0.388 e. The van der Waals surface area contributed by atoms with E-state index in [1.165, 1.54) is 17.7 Å². The van der Waals surface area contributed by atoms with Crippen LogP contribution in [0.15, 0.2) is 48.5 Å². The summed E-state index contributed by atoms with van der Waals surface area (Å²) in [7, 11) is 0. The molecule has 0 radical (unpaired) electrons. The molecule has 2 heteroatoms. The summed E-state index contributed by atoms with van der Waals surface area (Å²) >= 11 is 0. The van der Waals surface area contributed by atoms with Crippen LogP contribution in [0, 0.1) is 5.82 Å². The Morgan fingerprint density at radius 1 is 0.857 bits per heavy atom. The van der Waals surface area contributed by atoms with Crippen molar-refractivity contribution in [3.8, 4) is 0 Å². The predicted molar refractivity (Wildman–Crippen MR) is 84.9 cm³/mol. The van der Waals surface area contributed by atoms with Crippen LogP contribution in [0.2, 0.25) is 0 Å². The summed E-state index contributed by atoms with van der Waals surface area (Å²) in [4.78, 5) is 0. The van der Waals surface area contributed by atoms with Gasteiger partial charge in [-0.15, -0.1) is 0 Å².